The number of amides is 3. The largest absolute Gasteiger partial charge is 0.409 e. The second kappa shape index (κ2) is 16.5. The van der Waals surface area contributed by atoms with Crippen LogP contribution in [0.2, 0.25) is 0 Å². The molecule has 4 rings (SSSR count). The Balaban J connectivity index is 1.61. The number of carbonyl (C=O) groups excluding carboxylic acids is 3. The monoisotopic (exact) mass is 634 g/mol. The normalized spacial score (nSPS) is 23.2. The van der Waals surface area contributed by atoms with Gasteiger partial charge < -0.3 is 32.6 Å². The van der Waals surface area contributed by atoms with E-state index in [1.165, 1.54) is 0 Å². The molecule has 1 spiro atoms. The Bertz CT molecular complexity index is 1340. The average molecular weight is 635 g/mol. The minimum absolute atomic E-state index is 0.153. The molecule has 8 N–H and O–H groups in total. The molecule has 2 aliphatic rings. The molecular weight excluding hydrogens is 587 g/mol. The van der Waals surface area contributed by atoms with Gasteiger partial charge in [0.2, 0.25) is 17.7 Å². The summed E-state index contributed by atoms with van der Waals surface area (Å²) in [6.07, 6.45) is 7.90. The summed E-state index contributed by atoms with van der Waals surface area (Å²) >= 11 is 0. The molecule has 1 aliphatic heterocycles. The molecule has 1 fully saturated rings. The van der Waals surface area contributed by atoms with Crippen molar-refractivity contribution in [1.82, 2.24) is 16.0 Å². The van der Waals surface area contributed by atoms with E-state index in [1.807, 2.05) is 54.6 Å². The van der Waals surface area contributed by atoms with E-state index in [0.29, 0.717) is 57.8 Å². The van der Waals surface area contributed by atoms with Crippen LogP contribution in [-0.4, -0.2) is 57.7 Å². The predicted molar refractivity (Wildman–Crippen MR) is 180 cm³/mol. The van der Waals surface area contributed by atoms with E-state index in [2.05, 4.69) is 30.0 Å². The number of carbonyl (C=O) groups is 3. The molecule has 1 saturated heterocycles. The summed E-state index contributed by atoms with van der Waals surface area (Å²) in [6.45, 7) is 0. The van der Waals surface area contributed by atoms with Gasteiger partial charge in [-0.15, -0.1) is 8.86 Å². The SMILES string of the molecule is N/C(CCCCC[C@@H]1NC(=O)[C@H](N)CCCCCC(=P)[C@H](Cc2ccccc2)NC(=O)C2(Cc3ccccc3C2)NC1=O)=N\O. The molecule has 0 bridgehead atoms. The predicted octanol–water partition coefficient (Wildman–Crippen LogP) is 3.16. The van der Waals surface area contributed by atoms with Crippen molar-refractivity contribution in [2.45, 2.75) is 107 Å². The summed E-state index contributed by atoms with van der Waals surface area (Å²) in [5, 5.41) is 22.1. The Morgan fingerprint density at radius 1 is 0.889 bits per heavy atom. The van der Waals surface area contributed by atoms with Crippen molar-refractivity contribution in [3.63, 3.8) is 0 Å². The molecular formula is C34H47N6O4P. The van der Waals surface area contributed by atoms with Crippen LogP contribution in [0.4, 0.5) is 0 Å². The van der Waals surface area contributed by atoms with Crippen molar-refractivity contribution in [2.75, 3.05) is 0 Å². The highest BCUT2D eigenvalue weighted by Gasteiger charge is 2.46. The molecule has 45 heavy (non-hydrogen) atoms. The summed E-state index contributed by atoms with van der Waals surface area (Å²) in [5.41, 5.74) is 13.8. The van der Waals surface area contributed by atoms with E-state index in [0.717, 1.165) is 47.7 Å². The Hall–Kier alpha value is -3.75. The van der Waals surface area contributed by atoms with Crippen LogP contribution in [0.5, 0.6) is 0 Å². The lowest BCUT2D eigenvalue weighted by molar-refractivity contribution is -0.136. The van der Waals surface area contributed by atoms with Crippen molar-refractivity contribution >= 4 is 37.7 Å². The van der Waals surface area contributed by atoms with Crippen LogP contribution in [0.25, 0.3) is 0 Å². The summed E-state index contributed by atoms with van der Waals surface area (Å²) in [5.74, 6) is -0.886. The molecule has 0 saturated carbocycles. The molecule has 2 aromatic carbocycles. The van der Waals surface area contributed by atoms with Gasteiger partial charge in [0.25, 0.3) is 0 Å². The summed E-state index contributed by atoms with van der Waals surface area (Å²) in [4.78, 5) is 41.6. The second-order valence-electron chi connectivity index (χ2n) is 12.4. The average Bonchev–Trinajstić information content (AvgIpc) is 3.42. The highest BCUT2D eigenvalue weighted by molar-refractivity contribution is 7.21. The number of amidine groups is 1. The van der Waals surface area contributed by atoms with E-state index in [1.54, 1.807) is 0 Å². The number of unbranched alkanes of at least 4 members (excludes halogenated alkanes) is 2. The molecule has 0 aromatic heterocycles. The number of nitrogens with one attached hydrogen (secondary N) is 3. The maximum absolute atomic E-state index is 14.4. The molecule has 0 unspecified atom stereocenters. The second-order valence-corrected chi connectivity index (χ2v) is 13.0. The van der Waals surface area contributed by atoms with E-state index in [9.17, 15) is 14.4 Å². The molecule has 11 heteroatoms. The Labute approximate surface area is 268 Å². The lowest BCUT2D eigenvalue weighted by Gasteiger charge is -2.34. The number of benzene rings is 2. The molecule has 1 heterocycles. The first-order valence-corrected chi connectivity index (χ1v) is 16.5. The van der Waals surface area contributed by atoms with Gasteiger partial charge in [-0.1, -0.05) is 85.4 Å². The zero-order chi connectivity index (χ0) is 32.2. The van der Waals surface area contributed by atoms with Crippen LogP contribution in [0.3, 0.4) is 0 Å². The van der Waals surface area contributed by atoms with Crippen molar-refractivity contribution in [2.24, 2.45) is 16.6 Å². The third-order valence-corrected chi connectivity index (χ3v) is 9.49. The van der Waals surface area contributed by atoms with E-state index < -0.39 is 23.5 Å². The van der Waals surface area contributed by atoms with Crippen LogP contribution < -0.4 is 27.4 Å². The maximum Gasteiger partial charge on any atom is 0.246 e. The molecule has 2 aromatic rings. The highest BCUT2D eigenvalue weighted by Crippen LogP contribution is 2.31. The van der Waals surface area contributed by atoms with Crippen molar-refractivity contribution in [1.29, 1.82) is 0 Å². The fraction of sp³-hybridized carbons (Fsp3) is 0.500. The van der Waals surface area contributed by atoms with Gasteiger partial charge in [0, 0.05) is 19.3 Å². The Morgan fingerprint density at radius 2 is 1.58 bits per heavy atom. The standard InChI is InChI=1S/C34H47N6O4P/c35-26-16-6-2-8-18-29(45)28(20-23-12-4-1-5-13-23)38-33(43)34(21-24-14-10-11-15-25(24)22-34)39-32(42)27(37-31(26)41)17-7-3-9-19-30(36)40-44/h1,4-5,10-15,26-28,44-45H,2-3,6-9,16-22,35H2,(H2,36,40)(H,37,41)(H,38,43)(H,39,42)/t26-,27+,28+/m1/s1. The van der Waals surface area contributed by atoms with Gasteiger partial charge in [0.05, 0.1) is 12.1 Å². The highest BCUT2D eigenvalue weighted by atomic mass is 31.0. The first-order chi connectivity index (χ1) is 21.7. The van der Waals surface area contributed by atoms with Crippen LogP contribution in [0.15, 0.2) is 59.8 Å². The molecule has 1 aliphatic carbocycles. The van der Waals surface area contributed by atoms with Crippen LogP contribution in [0.1, 0.15) is 80.9 Å². The zero-order valence-electron chi connectivity index (χ0n) is 25.9. The fourth-order valence-corrected chi connectivity index (χ4v) is 6.59. The lowest BCUT2D eigenvalue weighted by Crippen LogP contribution is -2.65. The van der Waals surface area contributed by atoms with Gasteiger partial charge in [0.15, 0.2) is 0 Å². The van der Waals surface area contributed by atoms with E-state index >= 15 is 0 Å². The first kappa shape index (κ1) is 34.1. The quantitative estimate of drug-likeness (QED) is 0.0650. The smallest absolute Gasteiger partial charge is 0.246 e. The first-order valence-electron chi connectivity index (χ1n) is 16.0. The molecule has 3 amide bonds. The van der Waals surface area contributed by atoms with Gasteiger partial charge >= 0.3 is 0 Å². The minimum atomic E-state index is -1.23. The number of fused-ring (bicyclic) bond motifs is 1. The summed E-state index contributed by atoms with van der Waals surface area (Å²) in [7, 11) is 3.88. The lowest BCUT2D eigenvalue weighted by atomic mass is 9.91. The fourth-order valence-electron chi connectivity index (χ4n) is 6.24. The number of hydrogen-bond donors (Lipinski definition) is 6. The summed E-state index contributed by atoms with van der Waals surface area (Å²) < 4.78 is 0. The van der Waals surface area contributed by atoms with Crippen molar-refractivity contribution < 1.29 is 19.6 Å². The molecule has 242 valence electrons. The summed E-state index contributed by atoms with van der Waals surface area (Å²) in [6, 6.07) is 16.0. The maximum atomic E-state index is 14.4. The topological polar surface area (TPSA) is 172 Å². The zero-order valence-corrected chi connectivity index (χ0v) is 26.9. The van der Waals surface area contributed by atoms with Gasteiger partial charge in [0.1, 0.15) is 17.4 Å². The van der Waals surface area contributed by atoms with Gasteiger partial charge in [-0.2, -0.15) is 0 Å². The van der Waals surface area contributed by atoms with Crippen molar-refractivity contribution in [3.8, 4) is 0 Å². The van der Waals surface area contributed by atoms with Crippen molar-refractivity contribution in [3.05, 3.63) is 71.3 Å². The van der Waals surface area contributed by atoms with Crippen LogP contribution in [-0.2, 0) is 33.6 Å². The third-order valence-electron chi connectivity index (χ3n) is 8.89. The van der Waals surface area contributed by atoms with Gasteiger partial charge in [-0.05, 0) is 60.5 Å². The molecule has 0 radical (unpaired) electrons. The Morgan fingerprint density at radius 3 is 2.27 bits per heavy atom. The minimum Gasteiger partial charge on any atom is -0.409 e. The Kier molecular flexibility index (Phi) is 12.5. The van der Waals surface area contributed by atoms with Crippen LogP contribution >= 0.6 is 8.86 Å². The number of nitrogens with zero attached hydrogens (tertiary/aromatic N) is 1. The van der Waals surface area contributed by atoms with Crippen LogP contribution in [0, 0.1) is 0 Å². The van der Waals surface area contributed by atoms with E-state index in [-0.39, 0.29) is 23.7 Å². The number of nitrogens with two attached hydrogens (primary N) is 2. The third kappa shape index (κ3) is 9.62. The number of oxime groups is 1. The van der Waals surface area contributed by atoms with E-state index in [4.69, 9.17) is 16.7 Å². The van der Waals surface area contributed by atoms with Gasteiger partial charge in [-0.25, -0.2) is 0 Å². The number of rotatable bonds is 8. The number of hydrogen-bond acceptors (Lipinski definition) is 6. The molecule has 3 atom stereocenters. The van der Waals surface area contributed by atoms with Gasteiger partial charge in [-0.3, -0.25) is 14.4 Å². The molecule has 10 nitrogen and oxygen atoms in total.